The number of fused-ring (bicyclic) bond motifs is 1. The van der Waals surface area contributed by atoms with E-state index in [4.69, 9.17) is 13.9 Å². The van der Waals surface area contributed by atoms with Gasteiger partial charge in [-0.25, -0.2) is 0 Å². The highest BCUT2D eigenvalue weighted by Crippen LogP contribution is 2.31. The molecule has 0 bridgehead atoms. The number of benzene rings is 2. The zero-order valence-corrected chi connectivity index (χ0v) is 14.7. The molecule has 0 fully saturated rings. The zero-order valence-electron chi connectivity index (χ0n) is 14.7. The molecule has 2 aromatic carbocycles. The molecule has 1 aromatic heterocycles. The number of methoxy groups -OCH3 is 2. The molecule has 0 atom stereocenters. The largest absolute Gasteiger partial charge is 0.493 e. The van der Waals surface area contributed by atoms with E-state index in [-0.39, 0.29) is 22.2 Å². The van der Waals surface area contributed by atoms with E-state index < -0.39 is 23.3 Å². The monoisotopic (exact) mass is 393 g/mol. The lowest BCUT2D eigenvalue weighted by Gasteiger charge is -2.11. The summed E-state index contributed by atoms with van der Waals surface area (Å²) >= 11 is 0. The van der Waals surface area contributed by atoms with E-state index in [0.29, 0.717) is 17.6 Å². The molecule has 0 saturated heterocycles. The van der Waals surface area contributed by atoms with Crippen LogP contribution in [0.2, 0.25) is 0 Å². The van der Waals surface area contributed by atoms with Crippen LogP contribution < -0.4 is 20.2 Å². The molecule has 3 rings (SSSR count). The van der Waals surface area contributed by atoms with Crippen molar-refractivity contribution in [1.82, 2.24) is 0 Å². The zero-order chi connectivity index (χ0) is 20.5. The summed E-state index contributed by atoms with van der Waals surface area (Å²) in [5.74, 6) is -1.08. The summed E-state index contributed by atoms with van der Waals surface area (Å²) in [5, 5.41) is 2.49. The van der Waals surface area contributed by atoms with Gasteiger partial charge in [0.2, 0.25) is 5.76 Å². The van der Waals surface area contributed by atoms with E-state index in [2.05, 4.69) is 5.32 Å². The number of alkyl halides is 3. The molecule has 1 heterocycles. The second-order valence-electron chi connectivity index (χ2n) is 5.71. The maximum absolute atomic E-state index is 12.7. The fourth-order valence-corrected chi connectivity index (χ4v) is 2.55. The van der Waals surface area contributed by atoms with Gasteiger partial charge in [0.25, 0.3) is 5.91 Å². The molecular formula is C19H14F3NO5. The molecule has 0 aliphatic rings. The van der Waals surface area contributed by atoms with Gasteiger partial charge in [-0.2, -0.15) is 13.2 Å². The number of nitrogens with one attached hydrogen (secondary N) is 1. The van der Waals surface area contributed by atoms with Gasteiger partial charge in [-0.05, 0) is 36.4 Å². The molecule has 0 unspecified atom stereocenters. The second kappa shape index (κ2) is 7.26. The third-order valence-corrected chi connectivity index (χ3v) is 3.91. The number of carbonyl (C=O) groups excluding carboxylic acids is 1. The lowest BCUT2D eigenvalue weighted by atomic mass is 10.1. The summed E-state index contributed by atoms with van der Waals surface area (Å²) in [4.78, 5) is 24.4. The van der Waals surface area contributed by atoms with Crippen molar-refractivity contribution in [3.63, 3.8) is 0 Å². The van der Waals surface area contributed by atoms with Gasteiger partial charge in [0.1, 0.15) is 5.58 Å². The number of rotatable bonds is 4. The van der Waals surface area contributed by atoms with Crippen LogP contribution in [-0.4, -0.2) is 20.1 Å². The van der Waals surface area contributed by atoms with Crippen molar-refractivity contribution in [3.8, 4) is 11.5 Å². The Labute approximate surface area is 156 Å². The normalized spacial score (nSPS) is 11.3. The average molecular weight is 393 g/mol. The van der Waals surface area contributed by atoms with E-state index >= 15 is 0 Å². The predicted molar refractivity (Wildman–Crippen MR) is 95.0 cm³/mol. The van der Waals surface area contributed by atoms with Crippen LogP contribution in [0.25, 0.3) is 11.0 Å². The molecule has 9 heteroatoms. The van der Waals surface area contributed by atoms with Gasteiger partial charge < -0.3 is 19.2 Å². The number of amides is 1. The molecule has 28 heavy (non-hydrogen) atoms. The van der Waals surface area contributed by atoms with Gasteiger partial charge in [-0.1, -0.05) is 0 Å². The molecule has 0 aliphatic heterocycles. The quantitative estimate of drug-likeness (QED) is 0.723. The van der Waals surface area contributed by atoms with E-state index in [1.165, 1.54) is 44.6 Å². The minimum Gasteiger partial charge on any atom is -0.493 e. The number of ether oxygens (including phenoxy) is 2. The maximum atomic E-state index is 12.7. The van der Waals surface area contributed by atoms with Crippen LogP contribution in [0, 0.1) is 0 Å². The Hall–Kier alpha value is -3.49. The Morgan fingerprint density at radius 1 is 1.00 bits per heavy atom. The number of halogens is 3. The van der Waals surface area contributed by atoms with Crippen LogP contribution in [-0.2, 0) is 6.18 Å². The molecule has 0 aliphatic carbocycles. The predicted octanol–water partition coefficient (Wildman–Crippen LogP) is 4.08. The van der Waals surface area contributed by atoms with Crippen molar-refractivity contribution in [3.05, 3.63) is 64.0 Å². The summed E-state index contributed by atoms with van der Waals surface area (Å²) in [5.41, 5.74) is -0.615. The summed E-state index contributed by atoms with van der Waals surface area (Å²) in [6.07, 6.45) is -4.77. The van der Waals surface area contributed by atoms with Crippen molar-refractivity contribution >= 4 is 22.6 Å². The van der Waals surface area contributed by atoms with Crippen molar-refractivity contribution in [2.75, 3.05) is 19.5 Å². The SMILES string of the molecule is COc1ccc(C(=O)Nc2ccc3oc(C(F)(F)F)cc(=O)c3c2)cc1OC. The molecule has 1 amide bonds. The van der Waals surface area contributed by atoms with Gasteiger partial charge in [0.15, 0.2) is 16.9 Å². The molecule has 1 N–H and O–H groups in total. The first-order valence-corrected chi connectivity index (χ1v) is 7.91. The smallest absolute Gasteiger partial charge is 0.449 e. The van der Waals surface area contributed by atoms with E-state index in [1.807, 2.05) is 0 Å². The first-order chi connectivity index (χ1) is 13.2. The lowest BCUT2D eigenvalue weighted by Crippen LogP contribution is -2.13. The molecule has 0 saturated carbocycles. The Balaban J connectivity index is 1.91. The molecular weight excluding hydrogens is 379 g/mol. The Bertz CT molecular complexity index is 1100. The third kappa shape index (κ3) is 3.78. The lowest BCUT2D eigenvalue weighted by molar-refractivity contribution is -0.152. The minimum atomic E-state index is -4.77. The summed E-state index contributed by atoms with van der Waals surface area (Å²) in [6.45, 7) is 0. The van der Waals surface area contributed by atoms with Crippen molar-refractivity contribution in [1.29, 1.82) is 0 Å². The average Bonchev–Trinajstić information content (AvgIpc) is 2.66. The molecule has 0 radical (unpaired) electrons. The maximum Gasteiger partial charge on any atom is 0.449 e. The number of hydrogen-bond acceptors (Lipinski definition) is 5. The fraction of sp³-hybridized carbons (Fsp3) is 0.158. The van der Waals surface area contributed by atoms with Gasteiger partial charge in [0.05, 0.1) is 19.6 Å². The molecule has 3 aromatic rings. The highest BCUT2D eigenvalue weighted by atomic mass is 19.4. The van der Waals surface area contributed by atoms with Crippen LogP contribution in [0.3, 0.4) is 0 Å². The summed E-state index contributed by atoms with van der Waals surface area (Å²) in [6, 6.07) is 8.70. The highest BCUT2D eigenvalue weighted by molar-refractivity contribution is 6.05. The summed E-state index contributed by atoms with van der Waals surface area (Å²) < 4.78 is 53.2. The van der Waals surface area contributed by atoms with Gasteiger partial charge >= 0.3 is 6.18 Å². The highest BCUT2D eigenvalue weighted by Gasteiger charge is 2.34. The summed E-state index contributed by atoms with van der Waals surface area (Å²) in [7, 11) is 2.89. The van der Waals surface area contributed by atoms with Crippen LogP contribution in [0.5, 0.6) is 11.5 Å². The Kier molecular flexibility index (Phi) is 5.00. The molecule has 6 nitrogen and oxygen atoms in total. The number of anilines is 1. The van der Waals surface area contributed by atoms with Crippen molar-refractivity contribution < 1.29 is 31.9 Å². The first kappa shape index (κ1) is 19.3. The topological polar surface area (TPSA) is 77.8 Å². The van der Waals surface area contributed by atoms with E-state index in [9.17, 15) is 22.8 Å². The third-order valence-electron chi connectivity index (χ3n) is 3.91. The standard InChI is InChI=1S/C19H14F3NO5/c1-26-15-5-3-10(7-16(15)27-2)18(25)23-11-4-6-14-12(8-11)13(24)9-17(28-14)19(20,21)22/h3-9H,1-2H3,(H,23,25). The Morgan fingerprint density at radius 3 is 2.36 bits per heavy atom. The van der Waals surface area contributed by atoms with Crippen LogP contribution in [0.15, 0.2) is 51.7 Å². The minimum absolute atomic E-state index is 0.0851. The Morgan fingerprint density at radius 2 is 1.71 bits per heavy atom. The molecule has 146 valence electrons. The number of carbonyl (C=O) groups is 1. The van der Waals surface area contributed by atoms with Gasteiger partial charge in [0, 0.05) is 17.3 Å². The van der Waals surface area contributed by atoms with Crippen LogP contribution in [0.4, 0.5) is 18.9 Å². The van der Waals surface area contributed by atoms with Crippen molar-refractivity contribution in [2.45, 2.75) is 6.18 Å². The fourth-order valence-electron chi connectivity index (χ4n) is 2.55. The second-order valence-corrected chi connectivity index (χ2v) is 5.71. The van der Waals surface area contributed by atoms with E-state index in [0.717, 1.165) is 0 Å². The number of hydrogen-bond donors (Lipinski definition) is 1. The van der Waals surface area contributed by atoms with Crippen LogP contribution >= 0.6 is 0 Å². The first-order valence-electron chi connectivity index (χ1n) is 7.91. The van der Waals surface area contributed by atoms with Gasteiger partial charge in [-0.3, -0.25) is 9.59 Å². The molecule has 0 spiro atoms. The van der Waals surface area contributed by atoms with Crippen molar-refractivity contribution in [2.24, 2.45) is 0 Å². The van der Waals surface area contributed by atoms with Gasteiger partial charge in [-0.15, -0.1) is 0 Å². The van der Waals surface area contributed by atoms with Crippen LogP contribution in [0.1, 0.15) is 16.1 Å². The van der Waals surface area contributed by atoms with E-state index in [1.54, 1.807) is 6.07 Å².